The van der Waals surface area contributed by atoms with E-state index >= 15 is 0 Å². The summed E-state index contributed by atoms with van der Waals surface area (Å²) in [6.45, 7) is -0.348. The number of carbonyl (C=O) groups excluding carboxylic acids is 1. The molecule has 1 atom stereocenters. The zero-order chi connectivity index (χ0) is 15.3. The van der Waals surface area contributed by atoms with Crippen molar-refractivity contribution in [2.24, 2.45) is 0 Å². The number of ether oxygens (including phenoxy) is 1. The lowest BCUT2D eigenvalue weighted by Crippen LogP contribution is -2.37. The number of nitrogens with two attached hydrogens (primary N) is 1. The van der Waals surface area contributed by atoms with Crippen LogP contribution in [0.25, 0.3) is 0 Å². The molecule has 0 heterocycles. The van der Waals surface area contributed by atoms with Crippen LogP contribution in [0.1, 0.15) is 6.92 Å². The number of anilines is 2. The van der Waals surface area contributed by atoms with Gasteiger partial charge in [0.2, 0.25) is 0 Å². The van der Waals surface area contributed by atoms with Crippen LogP contribution in [-0.2, 0) is 9.53 Å². The predicted molar refractivity (Wildman–Crippen MR) is 65.8 cm³/mol. The fourth-order valence-corrected chi connectivity index (χ4v) is 1.24. The molecule has 1 aromatic carbocycles. The third kappa shape index (κ3) is 4.69. The number of benzene rings is 1. The first-order valence-corrected chi connectivity index (χ1v) is 5.66. The van der Waals surface area contributed by atoms with Crippen molar-refractivity contribution in [1.29, 1.82) is 0 Å². The van der Waals surface area contributed by atoms with Gasteiger partial charge in [0.1, 0.15) is 12.7 Å². The summed E-state index contributed by atoms with van der Waals surface area (Å²) in [6, 6.07) is 6.17. The van der Waals surface area contributed by atoms with Crippen LogP contribution in [0.2, 0.25) is 0 Å². The van der Waals surface area contributed by atoms with Gasteiger partial charge in [-0.1, -0.05) is 6.07 Å². The van der Waals surface area contributed by atoms with E-state index in [1.54, 1.807) is 12.1 Å². The molecule has 0 bridgehead atoms. The molecule has 0 aliphatic rings. The largest absolute Gasteiger partial charge is 0.399 e. The zero-order valence-electron chi connectivity index (χ0n) is 10.6. The molecule has 0 fully saturated rings. The van der Waals surface area contributed by atoms with Gasteiger partial charge in [-0.3, -0.25) is 4.79 Å². The zero-order valence-corrected chi connectivity index (χ0v) is 10.6. The summed E-state index contributed by atoms with van der Waals surface area (Å²) in [5.74, 6) is -5.02. The average molecular weight is 294 g/mol. The molecule has 0 aliphatic carbocycles. The van der Waals surface area contributed by atoms with E-state index in [4.69, 9.17) is 5.73 Å². The molecular weight excluding hydrogens is 280 g/mol. The molecule has 0 saturated carbocycles. The highest BCUT2D eigenvalue weighted by atomic mass is 19.3. The van der Waals surface area contributed by atoms with Crippen LogP contribution in [-0.4, -0.2) is 31.0 Å². The molecule has 0 spiro atoms. The van der Waals surface area contributed by atoms with E-state index in [1.165, 1.54) is 19.1 Å². The molecule has 20 heavy (non-hydrogen) atoms. The second kappa shape index (κ2) is 6.56. The Labute approximate surface area is 112 Å². The van der Waals surface area contributed by atoms with E-state index in [-0.39, 0.29) is 0 Å². The molecule has 0 aromatic heterocycles. The molecule has 0 radical (unpaired) electrons. The number of halogens is 4. The van der Waals surface area contributed by atoms with Crippen LogP contribution >= 0.6 is 0 Å². The summed E-state index contributed by atoms with van der Waals surface area (Å²) in [5, 5.41) is 2.37. The highest BCUT2D eigenvalue weighted by Crippen LogP contribution is 2.23. The van der Waals surface area contributed by atoms with Crippen molar-refractivity contribution < 1.29 is 27.1 Å². The molecule has 8 heteroatoms. The molecule has 0 saturated heterocycles. The quantitative estimate of drug-likeness (QED) is 0.626. The monoisotopic (exact) mass is 294 g/mol. The van der Waals surface area contributed by atoms with Gasteiger partial charge < -0.3 is 15.8 Å². The second-order valence-corrected chi connectivity index (χ2v) is 4.13. The molecule has 112 valence electrons. The lowest BCUT2D eigenvalue weighted by molar-refractivity contribution is -0.176. The maximum Gasteiger partial charge on any atom is 0.330 e. The van der Waals surface area contributed by atoms with E-state index in [0.29, 0.717) is 11.4 Å². The number of alkyl halides is 4. The third-order valence-electron chi connectivity index (χ3n) is 2.37. The van der Waals surface area contributed by atoms with E-state index < -0.39 is 31.0 Å². The lowest BCUT2D eigenvalue weighted by Gasteiger charge is -2.18. The highest BCUT2D eigenvalue weighted by Gasteiger charge is 2.41. The standard InChI is InChI=1S/C12H14F4N2O2/c1-7(20-6-12(15,16)11(13)14)10(19)18-9-4-2-3-8(17)5-9/h2-5,7,11H,6,17H2,1H3,(H,18,19). The van der Waals surface area contributed by atoms with Gasteiger partial charge in [0.25, 0.3) is 5.91 Å². The number of hydrogen-bond donors (Lipinski definition) is 2. The van der Waals surface area contributed by atoms with E-state index in [1.807, 2.05) is 0 Å². The van der Waals surface area contributed by atoms with Gasteiger partial charge in [0.15, 0.2) is 0 Å². The average Bonchev–Trinajstić information content (AvgIpc) is 2.35. The van der Waals surface area contributed by atoms with Crippen molar-refractivity contribution in [3.8, 4) is 0 Å². The fraction of sp³-hybridized carbons (Fsp3) is 0.417. The van der Waals surface area contributed by atoms with Crippen molar-refractivity contribution in [3.63, 3.8) is 0 Å². The van der Waals surface area contributed by atoms with Gasteiger partial charge in [-0.05, 0) is 25.1 Å². The number of rotatable bonds is 6. The first kappa shape index (κ1) is 16.2. The van der Waals surface area contributed by atoms with Gasteiger partial charge in [0, 0.05) is 11.4 Å². The molecule has 1 amide bonds. The van der Waals surface area contributed by atoms with Crippen LogP contribution in [0.3, 0.4) is 0 Å². The minimum atomic E-state index is -4.29. The molecule has 0 aliphatic heterocycles. The number of nitrogens with one attached hydrogen (secondary N) is 1. The van der Waals surface area contributed by atoms with Crippen molar-refractivity contribution in [3.05, 3.63) is 24.3 Å². The third-order valence-corrected chi connectivity index (χ3v) is 2.37. The number of amides is 1. The van der Waals surface area contributed by atoms with Gasteiger partial charge >= 0.3 is 12.3 Å². The van der Waals surface area contributed by atoms with Crippen LogP contribution in [0, 0.1) is 0 Å². The van der Waals surface area contributed by atoms with Gasteiger partial charge in [-0.25, -0.2) is 8.78 Å². The van der Waals surface area contributed by atoms with Crippen LogP contribution in [0.15, 0.2) is 24.3 Å². The Kier molecular flexibility index (Phi) is 5.32. The maximum atomic E-state index is 12.6. The molecule has 1 aromatic rings. The van der Waals surface area contributed by atoms with Crippen molar-refractivity contribution >= 4 is 17.3 Å². The normalized spacial score (nSPS) is 13.3. The first-order valence-electron chi connectivity index (χ1n) is 5.66. The first-order chi connectivity index (χ1) is 9.22. The lowest BCUT2D eigenvalue weighted by atomic mass is 10.2. The van der Waals surface area contributed by atoms with E-state index in [2.05, 4.69) is 10.1 Å². The Morgan fingerprint density at radius 3 is 2.65 bits per heavy atom. The van der Waals surface area contributed by atoms with Crippen LogP contribution < -0.4 is 11.1 Å². The minimum absolute atomic E-state index is 0.353. The summed E-state index contributed by atoms with van der Waals surface area (Å²) in [7, 11) is 0. The fourth-order valence-electron chi connectivity index (χ4n) is 1.24. The Morgan fingerprint density at radius 2 is 2.10 bits per heavy atom. The van der Waals surface area contributed by atoms with Crippen LogP contribution in [0.4, 0.5) is 28.9 Å². The predicted octanol–water partition coefficient (Wildman–Crippen LogP) is 2.51. The summed E-state index contributed by atoms with van der Waals surface area (Å²) >= 11 is 0. The summed E-state index contributed by atoms with van der Waals surface area (Å²) in [6.07, 6.45) is -5.15. The van der Waals surface area contributed by atoms with E-state index in [0.717, 1.165) is 0 Å². The molecule has 1 rings (SSSR count). The summed E-state index contributed by atoms with van der Waals surface area (Å²) < 4.78 is 53.5. The number of carbonyl (C=O) groups is 1. The summed E-state index contributed by atoms with van der Waals surface area (Å²) in [5.41, 5.74) is 6.25. The highest BCUT2D eigenvalue weighted by molar-refractivity contribution is 5.94. The Morgan fingerprint density at radius 1 is 1.45 bits per heavy atom. The SMILES string of the molecule is CC(OCC(F)(F)C(F)F)C(=O)Nc1cccc(N)c1. The van der Waals surface area contributed by atoms with Gasteiger partial charge in [0.05, 0.1) is 0 Å². The van der Waals surface area contributed by atoms with Gasteiger partial charge in [-0.2, -0.15) is 8.78 Å². The Hall–Kier alpha value is -1.83. The smallest absolute Gasteiger partial charge is 0.330 e. The van der Waals surface area contributed by atoms with Crippen molar-refractivity contribution in [2.45, 2.75) is 25.4 Å². The Bertz CT molecular complexity index is 469. The molecule has 4 nitrogen and oxygen atoms in total. The van der Waals surface area contributed by atoms with Crippen molar-refractivity contribution in [1.82, 2.24) is 0 Å². The number of nitrogen functional groups attached to an aromatic ring is 1. The minimum Gasteiger partial charge on any atom is -0.399 e. The second-order valence-electron chi connectivity index (χ2n) is 4.13. The Balaban J connectivity index is 2.52. The summed E-state index contributed by atoms with van der Waals surface area (Å²) in [4.78, 5) is 11.6. The molecular formula is C12H14F4N2O2. The van der Waals surface area contributed by atoms with Crippen LogP contribution in [0.5, 0.6) is 0 Å². The number of hydrogen-bond acceptors (Lipinski definition) is 3. The van der Waals surface area contributed by atoms with E-state index in [9.17, 15) is 22.4 Å². The topological polar surface area (TPSA) is 64.3 Å². The maximum absolute atomic E-state index is 12.6. The van der Waals surface area contributed by atoms with Gasteiger partial charge in [-0.15, -0.1) is 0 Å². The molecule has 1 unspecified atom stereocenters. The van der Waals surface area contributed by atoms with Crippen molar-refractivity contribution in [2.75, 3.05) is 17.7 Å². The molecule has 3 N–H and O–H groups in total.